The molecular formula is C17H27BO2S. The van der Waals surface area contributed by atoms with Crippen LogP contribution < -0.4 is 5.46 Å². The summed E-state index contributed by atoms with van der Waals surface area (Å²) in [7, 11) is -0.265. The third kappa shape index (κ3) is 4.05. The molecule has 0 unspecified atom stereocenters. The Morgan fingerprint density at radius 3 is 1.86 bits per heavy atom. The Bertz CT molecular complexity index is 473. The Morgan fingerprint density at radius 2 is 1.43 bits per heavy atom. The molecular weight excluding hydrogens is 279 g/mol. The Labute approximate surface area is 134 Å². The van der Waals surface area contributed by atoms with Gasteiger partial charge in [0, 0.05) is 10.5 Å². The van der Waals surface area contributed by atoms with Crippen LogP contribution in [0.5, 0.6) is 0 Å². The molecule has 1 saturated heterocycles. The topological polar surface area (TPSA) is 18.5 Å². The molecule has 0 atom stereocenters. The van der Waals surface area contributed by atoms with Gasteiger partial charge in [-0.2, -0.15) is 11.8 Å². The zero-order valence-corrected chi connectivity index (χ0v) is 15.1. The molecule has 1 aliphatic heterocycles. The van der Waals surface area contributed by atoms with E-state index in [1.54, 1.807) is 0 Å². The van der Waals surface area contributed by atoms with Gasteiger partial charge < -0.3 is 9.31 Å². The Morgan fingerprint density at radius 1 is 0.952 bits per heavy atom. The fourth-order valence-corrected chi connectivity index (χ4v) is 2.84. The summed E-state index contributed by atoms with van der Waals surface area (Å²) in [6.07, 6.45) is 0. The molecule has 0 N–H and O–H groups in total. The van der Waals surface area contributed by atoms with E-state index in [0.717, 1.165) is 11.2 Å². The van der Waals surface area contributed by atoms with Gasteiger partial charge in [-0.3, -0.25) is 0 Å². The monoisotopic (exact) mass is 306 g/mol. The SMILES string of the molecule is CC(C)(C)SCc1ccc(B2OC(C)(C)C(C)(C)O2)cc1. The van der Waals surface area contributed by atoms with Crippen molar-refractivity contribution in [3.63, 3.8) is 0 Å². The molecule has 0 radical (unpaired) electrons. The van der Waals surface area contributed by atoms with Crippen molar-refractivity contribution < 1.29 is 9.31 Å². The minimum absolute atomic E-state index is 0.265. The molecule has 1 fully saturated rings. The summed E-state index contributed by atoms with van der Waals surface area (Å²) in [6.45, 7) is 15.1. The Hall–Kier alpha value is -0.445. The Balaban J connectivity index is 2.04. The van der Waals surface area contributed by atoms with E-state index in [-0.39, 0.29) is 18.3 Å². The first kappa shape index (κ1) is 16.9. The van der Waals surface area contributed by atoms with Crippen molar-refractivity contribution >= 4 is 24.3 Å². The van der Waals surface area contributed by atoms with Gasteiger partial charge in [-0.05, 0) is 38.7 Å². The molecule has 1 heterocycles. The van der Waals surface area contributed by atoms with E-state index in [9.17, 15) is 0 Å². The van der Waals surface area contributed by atoms with Crippen molar-refractivity contribution in [2.24, 2.45) is 0 Å². The molecule has 0 saturated carbocycles. The van der Waals surface area contributed by atoms with Crippen molar-refractivity contribution in [2.75, 3.05) is 0 Å². The number of benzene rings is 1. The highest BCUT2D eigenvalue weighted by molar-refractivity contribution is 7.99. The van der Waals surface area contributed by atoms with Gasteiger partial charge in [-0.1, -0.05) is 45.0 Å². The van der Waals surface area contributed by atoms with Crippen molar-refractivity contribution in [3.8, 4) is 0 Å². The molecule has 0 aliphatic carbocycles. The second-order valence-electron chi connectivity index (χ2n) is 7.73. The van der Waals surface area contributed by atoms with Crippen LogP contribution in [0.2, 0.25) is 0 Å². The summed E-state index contributed by atoms with van der Waals surface area (Å²) in [5.41, 5.74) is 1.88. The summed E-state index contributed by atoms with van der Waals surface area (Å²) in [6, 6.07) is 8.61. The maximum Gasteiger partial charge on any atom is 0.494 e. The summed E-state index contributed by atoms with van der Waals surface area (Å²) < 4.78 is 12.4. The third-order valence-corrected chi connectivity index (χ3v) is 5.52. The minimum Gasteiger partial charge on any atom is -0.399 e. The molecule has 0 aromatic heterocycles. The lowest BCUT2D eigenvalue weighted by atomic mass is 9.79. The molecule has 4 heteroatoms. The van der Waals surface area contributed by atoms with Crippen LogP contribution in [0.15, 0.2) is 24.3 Å². The van der Waals surface area contributed by atoms with E-state index in [0.29, 0.717) is 4.75 Å². The smallest absolute Gasteiger partial charge is 0.399 e. The standard InChI is InChI=1S/C17H27BO2S/c1-15(2,3)21-12-13-8-10-14(11-9-13)18-19-16(4,5)17(6,7)20-18/h8-11H,12H2,1-7H3. The minimum atomic E-state index is -0.279. The highest BCUT2D eigenvalue weighted by Gasteiger charge is 2.51. The van der Waals surface area contributed by atoms with Crippen LogP contribution in [0.1, 0.15) is 54.0 Å². The van der Waals surface area contributed by atoms with Gasteiger partial charge in [-0.15, -0.1) is 0 Å². The molecule has 116 valence electrons. The van der Waals surface area contributed by atoms with Crippen LogP contribution >= 0.6 is 11.8 Å². The van der Waals surface area contributed by atoms with E-state index < -0.39 is 0 Å². The normalized spacial score (nSPS) is 20.8. The zero-order chi connectivity index (χ0) is 15.9. The van der Waals surface area contributed by atoms with Gasteiger partial charge in [-0.25, -0.2) is 0 Å². The molecule has 1 aromatic rings. The van der Waals surface area contributed by atoms with Gasteiger partial charge in [0.2, 0.25) is 0 Å². The lowest BCUT2D eigenvalue weighted by Crippen LogP contribution is -2.41. The summed E-state index contributed by atoms with van der Waals surface area (Å²) in [4.78, 5) is 0. The quantitative estimate of drug-likeness (QED) is 0.786. The van der Waals surface area contributed by atoms with Crippen molar-refractivity contribution in [1.29, 1.82) is 0 Å². The van der Waals surface area contributed by atoms with Crippen molar-refractivity contribution in [3.05, 3.63) is 29.8 Å². The molecule has 0 bridgehead atoms. The van der Waals surface area contributed by atoms with Gasteiger partial charge in [0.15, 0.2) is 0 Å². The van der Waals surface area contributed by atoms with E-state index in [2.05, 4.69) is 72.7 Å². The zero-order valence-electron chi connectivity index (χ0n) is 14.3. The van der Waals surface area contributed by atoms with Crippen molar-refractivity contribution in [1.82, 2.24) is 0 Å². The predicted octanol–water partition coefficient (Wildman–Crippen LogP) is 4.02. The molecule has 1 aliphatic rings. The van der Waals surface area contributed by atoms with Crippen LogP contribution in [0, 0.1) is 0 Å². The van der Waals surface area contributed by atoms with E-state index >= 15 is 0 Å². The predicted molar refractivity (Wildman–Crippen MR) is 93.2 cm³/mol. The third-order valence-electron chi connectivity index (χ3n) is 4.18. The molecule has 21 heavy (non-hydrogen) atoms. The van der Waals surface area contributed by atoms with Crippen LogP contribution in [0.4, 0.5) is 0 Å². The average molecular weight is 306 g/mol. The number of hydrogen-bond acceptors (Lipinski definition) is 3. The average Bonchev–Trinajstić information content (AvgIpc) is 2.56. The fourth-order valence-electron chi connectivity index (χ4n) is 2.05. The van der Waals surface area contributed by atoms with E-state index in [4.69, 9.17) is 9.31 Å². The van der Waals surface area contributed by atoms with Crippen molar-refractivity contribution in [2.45, 2.75) is 70.2 Å². The van der Waals surface area contributed by atoms with Gasteiger partial charge >= 0.3 is 7.12 Å². The molecule has 0 amide bonds. The highest BCUT2D eigenvalue weighted by atomic mass is 32.2. The molecule has 2 nitrogen and oxygen atoms in total. The van der Waals surface area contributed by atoms with Crippen LogP contribution in [0.25, 0.3) is 0 Å². The second-order valence-corrected chi connectivity index (χ2v) is 9.53. The van der Waals surface area contributed by atoms with Crippen LogP contribution in [0.3, 0.4) is 0 Å². The van der Waals surface area contributed by atoms with E-state index in [1.165, 1.54) is 5.56 Å². The van der Waals surface area contributed by atoms with Crippen LogP contribution in [-0.2, 0) is 15.1 Å². The first-order valence-corrected chi connectivity index (χ1v) is 8.57. The molecule has 1 aromatic carbocycles. The fraction of sp³-hybridized carbons (Fsp3) is 0.647. The maximum atomic E-state index is 6.08. The summed E-state index contributed by atoms with van der Waals surface area (Å²) in [5.74, 6) is 1.03. The summed E-state index contributed by atoms with van der Waals surface area (Å²) in [5, 5.41) is 0. The second kappa shape index (κ2) is 5.64. The first-order valence-electron chi connectivity index (χ1n) is 7.59. The molecule has 0 spiro atoms. The lowest BCUT2D eigenvalue weighted by Gasteiger charge is -2.32. The molecule has 2 rings (SSSR count). The number of hydrogen-bond donors (Lipinski definition) is 0. The lowest BCUT2D eigenvalue weighted by molar-refractivity contribution is 0.00578. The van der Waals surface area contributed by atoms with Gasteiger partial charge in [0.1, 0.15) is 0 Å². The summed E-state index contributed by atoms with van der Waals surface area (Å²) >= 11 is 1.96. The largest absolute Gasteiger partial charge is 0.494 e. The van der Waals surface area contributed by atoms with Gasteiger partial charge in [0.25, 0.3) is 0 Å². The highest BCUT2D eigenvalue weighted by Crippen LogP contribution is 2.36. The number of thioether (sulfide) groups is 1. The maximum absolute atomic E-state index is 6.08. The first-order chi connectivity index (χ1) is 9.50. The number of rotatable bonds is 3. The van der Waals surface area contributed by atoms with Gasteiger partial charge in [0.05, 0.1) is 11.2 Å². The Kier molecular flexibility index (Phi) is 4.54. The van der Waals surface area contributed by atoms with E-state index in [1.807, 2.05) is 11.8 Å². The van der Waals surface area contributed by atoms with Crippen LogP contribution in [-0.4, -0.2) is 23.1 Å².